The Bertz CT molecular complexity index is 512. The smallest absolute Gasteiger partial charge is 0.246 e. The van der Waals surface area contributed by atoms with Gasteiger partial charge in [-0.2, -0.15) is 0 Å². The quantitative estimate of drug-likeness (QED) is 0.874. The Hall–Kier alpha value is -1.59. The number of anilines is 2. The second kappa shape index (κ2) is 5.42. The minimum atomic E-state index is -0.218. The molecule has 0 bridgehead atoms. The first kappa shape index (κ1) is 13.4. The second-order valence-corrected chi connectivity index (χ2v) is 5.38. The third kappa shape index (κ3) is 2.27. The van der Waals surface area contributed by atoms with E-state index >= 15 is 0 Å². The number of likely N-dealkylation sites (N-methyl/N-ethyl adjacent to an activating group) is 2. The summed E-state index contributed by atoms with van der Waals surface area (Å²) in [6.07, 6.45) is 1.06. The second-order valence-electron chi connectivity index (χ2n) is 5.38. The molecule has 0 aliphatic carbocycles. The first-order chi connectivity index (χ1) is 9.70. The first-order valence-corrected chi connectivity index (χ1v) is 7.19. The van der Waals surface area contributed by atoms with Crippen LogP contribution in [0.2, 0.25) is 0 Å². The SMILES string of the molecule is CCNC1C(=O)Nc2cc(N(C)C3CCOC3)ccc21. The maximum Gasteiger partial charge on any atom is 0.246 e. The molecule has 1 fully saturated rings. The third-order valence-corrected chi connectivity index (χ3v) is 4.14. The van der Waals surface area contributed by atoms with Crippen LogP contribution in [-0.4, -0.2) is 38.8 Å². The van der Waals surface area contributed by atoms with Crippen LogP contribution in [0.15, 0.2) is 18.2 Å². The Balaban J connectivity index is 1.83. The van der Waals surface area contributed by atoms with Crippen LogP contribution in [0.4, 0.5) is 11.4 Å². The van der Waals surface area contributed by atoms with E-state index in [1.807, 2.05) is 13.0 Å². The van der Waals surface area contributed by atoms with E-state index in [2.05, 4.69) is 34.7 Å². The molecule has 2 heterocycles. The zero-order valence-electron chi connectivity index (χ0n) is 12.0. The largest absolute Gasteiger partial charge is 0.379 e. The number of ether oxygens (including phenoxy) is 1. The van der Waals surface area contributed by atoms with Crippen LogP contribution >= 0.6 is 0 Å². The lowest BCUT2D eigenvalue weighted by molar-refractivity contribution is -0.117. The van der Waals surface area contributed by atoms with Gasteiger partial charge in [0.15, 0.2) is 0 Å². The van der Waals surface area contributed by atoms with Crippen LogP contribution in [0, 0.1) is 0 Å². The minimum Gasteiger partial charge on any atom is -0.379 e. The molecule has 0 aromatic heterocycles. The van der Waals surface area contributed by atoms with E-state index in [4.69, 9.17) is 4.74 Å². The molecule has 3 rings (SSSR count). The molecule has 2 aliphatic rings. The van der Waals surface area contributed by atoms with E-state index < -0.39 is 0 Å². The van der Waals surface area contributed by atoms with Gasteiger partial charge in [-0.15, -0.1) is 0 Å². The monoisotopic (exact) mass is 275 g/mol. The summed E-state index contributed by atoms with van der Waals surface area (Å²) in [6, 6.07) is 6.39. The summed E-state index contributed by atoms with van der Waals surface area (Å²) in [5, 5.41) is 6.17. The molecule has 5 heteroatoms. The summed E-state index contributed by atoms with van der Waals surface area (Å²) >= 11 is 0. The van der Waals surface area contributed by atoms with Gasteiger partial charge in [0.2, 0.25) is 5.91 Å². The van der Waals surface area contributed by atoms with Gasteiger partial charge >= 0.3 is 0 Å². The number of amides is 1. The molecule has 5 nitrogen and oxygen atoms in total. The number of rotatable bonds is 4. The predicted octanol–water partition coefficient (Wildman–Crippen LogP) is 1.51. The summed E-state index contributed by atoms with van der Waals surface area (Å²) in [5.41, 5.74) is 3.08. The Morgan fingerprint density at radius 3 is 3.05 bits per heavy atom. The number of hydrogen-bond donors (Lipinski definition) is 2. The summed E-state index contributed by atoms with van der Waals surface area (Å²) in [6.45, 7) is 4.39. The lowest BCUT2D eigenvalue weighted by Gasteiger charge is -2.26. The molecule has 0 saturated carbocycles. The van der Waals surface area contributed by atoms with Gasteiger partial charge in [-0.3, -0.25) is 4.79 Å². The van der Waals surface area contributed by atoms with Crippen LogP contribution in [0.5, 0.6) is 0 Å². The van der Waals surface area contributed by atoms with Gasteiger partial charge in [0.25, 0.3) is 0 Å². The molecule has 1 aromatic rings. The highest BCUT2D eigenvalue weighted by Crippen LogP contribution is 2.34. The number of benzene rings is 1. The van der Waals surface area contributed by atoms with Crippen molar-refractivity contribution in [3.63, 3.8) is 0 Å². The zero-order chi connectivity index (χ0) is 14.1. The van der Waals surface area contributed by atoms with Gasteiger partial charge in [-0.25, -0.2) is 0 Å². The fourth-order valence-electron chi connectivity index (χ4n) is 2.91. The van der Waals surface area contributed by atoms with Crippen molar-refractivity contribution in [1.82, 2.24) is 5.32 Å². The molecular formula is C15H21N3O2. The minimum absolute atomic E-state index is 0.0332. The number of nitrogens with one attached hydrogen (secondary N) is 2. The summed E-state index contributed by atoms with van der Waals surface area (Å²) in [7, 11) is 2.08. The lowest BCUT2D eigenvalue weighted by Crippen LogP contribution is -2.31. The van der Waals surface area contributed by atoms with Gasteiger partial charge in [-0.05, 0) is 25.1 Å². The summed E-state index contributed by atoms with van der Waals surface area (Å²) in [5.74, 6) is 0.0332. The van der Waals surface area contributed by atoms with Crippen LogP contribution in [0.25, 0.3) is 0 Å². The average molecular weight is 275 g/mol. The van der Waals surface area contributed by atoms with Crippen molar-refractivity contribution >= 4 is 17.3 Å². The lowest BCUT2D eigenvalue weighted by atomic mass is 10.1. The Morgan fingerprint density at radius 2 is 2.35 bits per heavy atom. The van der Waals surface area contributed by atoms with E-state index in [0.717, 1.165) is 43.1 Å². The van der Waals surface area contributed by atoms with E-state index in [1.54, 1.807) is 0 Å². The number of carbonyl (C=O) groups excluding carboxylic acids is 1. The highest BCUT2D eigenvalue weighted by atomic mass is 16.5. The molecular weight excluding hydrogens is 254 g/mol. The van der Waals surface area contributed by atoms with Crippen molar-refractivity contribution in [2.24, 2.45) is 0 Å². The molecule has 20 heavy (non-hydrogen) atoms. The molecule has 2 atom stereocenters. The van der Waals surface area contributed by atoms with Gasteiger partial charge in [-0.1, -0.05) is 13.0 Å². The Kier molecular flexibility index (Phi) is 3.63. The van der Waals surface area contributed by atoms with Gasteiger partial charge in [0.05, 0.1) is 12.6 Å². The maximum absolute atomic E-state index is 12.0. The molecule has 1 saturated heterocycles. The maximum atomic E-state index is 12.0. The first-order valence-electron chi connectivity index (χ1n) is 7.19. The summed E-state index contributed by atoms with van der Waals surface area (Å²) in [4.78, 5) is 14.2. The van der Waals surface area contributed by atoms with Crippen molar-refractivity contribution in [1.29, 1.82) is 0 Å². The molecule has 108 valence electrons. The molecule has 1 amide bonds. The topological polar surface area (TPSA) is 53.6 Å². The van der Waals surface area contributed by atoms with Crippen molar-refractivity contribution in [3.05, 3.63) is 23.8 Å². The van der Waals surface area contributed by atoms with Crippen LogP contribution in [0.1, 0.15) is 24.9 Å². The number of hydrogen-bond acceptors (Lipinski definition) is 4. The zero-order valence-corrected chi connectivity index (χ0v) is 12.0. The van der Waals surface area contributed by atoms with Crippen LogP contribution in [-0.2, 0) is 9.53 Å². The molecule has 2 aliphatic heterocycles. The van der Waals surface area contributed by atoms with Crippen molar-refractivity contribution < 1.29 is 9.53 Å². The van der Waals surface area contributed by atoms with Crippen LogP contribution in [0.3, 0.4) is 0 Å². The van der Waals surface area contributed by atoms with Gasteiger partial charge < -0.3 is 20.3 Å². The molecule has 2 unspecified atom stereocenters. The van der Waals surface area contributed by atoms with E-state index in [0.29, 0.717) is 6.04 Å². The average Bonchev–Trinajstić information content (AvgIpc) is 3.07. The van der Waals surface area contributed by atoms with Crippen molar-refractivity contribution in [2.75, 3.05) is 37.0 Å². The van der Waals surface area contributed by atoms with E-state index in [9.17, 15) is 4.79 Å². The number of nitrogens with zero attached hydrogens (tertiary/aromatic N) is 1. The van der Waals surface area contributed by atoms with Gasteiger partial charge in [0, 0.05) is 30.6 Å². The fourth-order valence-corrected chi connectivity index (χ4v) is 2.91. The Labute approximate surface area is 119 Å². The standard InChI is InChI=1S/C15H21N3O2/c1-3-16-14-12-5-4-10(8-13(12)17-15(14)19)18(2)11-6-7-20-9-11/h4-5,8,11,14,16H,3,6-7,9H2,1-2H3,(H,17,19). The van der Waals surface area contributed by atoms with Crippen LogP contribution < -0.4 is 15.5 Å². The highest BCUT2D eigenvalue weighted by Gasteiger charge is 2.30. The normalized spacial score (nSPS) is 24.6. The molecule has 0 radical (unpaired) electrons. The van der Waals surface area contributed by atoms with Crippen molar-refractivity contribution in [2.45, 2.75) is 25.4 Å². The third-order valence-electron chi connectivity index (χ3n) is 4.14. The van der Waals surface area contributed by atoms with E-state index in [-0.39, 0.29) is 11.9 Å². The molecule has 1 aromatic carbocycles. The van der Waals surface area contributed by atoms with Gasteiger partial charge in [0.1, 0.15) is 6.04 Å². The summed E-state index contributed by atoms with van der Waals surface area (Å²) < 4.78 is 5.44. The highest BCUT2D eigenvalue weighted by molar-refractivity contribution is 6.03. The number of carbonyl (C=O) groups is 1. The number of fused-ring (bicyclic) bond motifs is 1. The molecule has 2 N–H and O–H groups in total. The fraction of sp³-hybridized carbons (Fsp3) is 0.533. The molecule has 0 spiro atoms. The van der Waals surface area contributed by atoms with E-state index in [1.165, 1.54) is 0 Å². The predicted molar refractivity (Wildman–Crippen MR) is 79.1 cm³/mol. The Morgan fingerprint density at radius 1 is 1.50 bits per heavy atom. The van der Waals surface area contributed by atoms with Crippen molar-refractivity contribution in [3.8, 4) is 0 Å².